The summed E-state index contributed by atoms with van der Waals surface area (Å²) in [5, 5.41) is 0.761. The third-order valence-electron chi connectivity index (χ3n) is 6.60. The molecule has 37 heavy (non-hydrogen) atoms. The molecule has 2 aromatic carbocycles. The van der Waals surface area contributed by atoms with E-state index >= 15 is 0 Å². The molecule has 0 bridgehead atoms. The van der Waals surface area contributed by atoms with Gasteiger partial charge in [-0.2, -0.15) is 0 Å². The molecular weight excluding hydrogens is 488 g/mol. The largest absolute Gasteiger partial charge is 0.496 e. The number of piperazine rings is 1. The molecule has 0 aliphatic carbocycles. The molecule has 0 spiro atoms. The van der Waals surface area contributed by atoms with Crippen LogP contribution in [0.15, 0.2) is 84.1 Å². The van der Waals surface area contributed by atoms with Crippen LogP contribution in [0.3, 0.4) is 0 Å². The summed E-state index contributed by atoms with van der Waals surface area (Å²) in [6.07, 6.45) is 5.21. The van der Waals surface area contributed by atoms with Gasteiger partial charge in [0.2, 0.25) is 0 Å². The van der Waals surface area contributed by atoms with Gasteiger partial charge in [-0.25, -0.2) is 8.42 Å². The molecule has 1 amide bonds. The normalized spacial score (nSPS) is 14.6. The fraction of sp³-hybridized carbons (Fsp3) is 0.250. The molecule has 0 N–H and O–H groups in total. The Morgan fingerprint density at radius 1 is 0.973 bits per heavy atom. The van der Waals surface area contributed by atoms with Gasteiger partial charge in [-0.3, -0.25) is 19.7 Å². The SMILES string of the molecule is COc1cc(C(=O)N2CCN(Cc3cccnc3)CC2)ccc1CS(=O)(=O)c1cccc2cccnc12. The molecule has 0 saturated carbocycles. The summed E-state index contributed by atoms with van der Waals surface area (Å²) in [5.41, 5.74) is 2.56. The van der Waals surface area contributed by atoms with Crippen molar-refractivity contribution in [2.45, 2.75) is 17.2 Å². The maximum atomic E-state index is 13.3. The highest BCUT2D eigenvalue weighted by atomic mass is 32.2. The Morgan fingerprint density at radius 3 is 2.51 bits per heavy atom. The zero-order chi connectivity index (χ0) is 25.8. The van der Waals surface area contributed by atoms with Crippen LogP contribution in [0.2, 0.25) is 0 Å². The standard InChI is InChI=1S/C28H28N4O4S/c1-36-25-17-23(28(33)32-15-13-31(14-16-32)19-21-5-3-11-29-18-21)9-10-24(25)20-37(34,35)26-8-2-6-22-7-4-12-30-27(22)26/h2-12,17-18H,13-16,19-20H2,1H3. The van der Waals surface area contributed by atoms with Crippen LogP contribution in [-0.2, 0) is 22.1 Å². The first-order chi connectivity index (χ1) is 17.9. The number of ether oxygens (including phenoxy) is 1. The van der Waals surface area contributed by atoms with Gasteiger partial charge in [-0.05, 0) is 35.9 Å². The molecule has 190 valence electrons. The molecule has 1 aliphatic heterocycles. The van der Waals surface area contributed by atoms with Gasteiger partial charge in [0, 0.05) is 67.8 Å². The second-order valence-electron chi connectivity index (χ2n) is 9.05. The van der Waals surface area contributed by atoms with Crippen LogP contribution in [-0.4, -0.2) is 67.4 Å². The van der Waals surface area contributed by atoms with Gasteiger partial charge >= 0.3 is 0 Å². The van der Waals surface area contributed by atoms with Crippen LogP contribution in [0.25, 0.3) is 10.9 Å². The number of sulfone groups is 1. The molecule has 5 rings (SSSR count). The van der Waals surface area contributed by atoms with Gasteiger partial charge in [-0.1, -0.05) is 30.3 Å². The fourth-order valence-corrected chi connectivity index (χ4v) is 6.20. The maximum absolute atomic E-state index is 13.3. The molecule has 1 aliphatic rings. The van der Waals surface area contributed by atoms with E-state index < -0.39 is 9.84 Å². The first-order valence-electron chi connectivity index (χ1n) is 12.1. The van der Waals surface area contributed by atoms with E-state index in [0.717, 1.165) is 30.6 Å². The van der Waals surface area contributed by atoms with E-state index in [1.54, 1.807) is 48.8 Å². The average molecular weight is 517 g/mol. The summed E-state index contributed by atoms with van der Waals surface area (Å²) in [5.74, 6) is 0.0256. The summed E-state index contributed by atoms with van der Waals surface area (Å²) >= 11 is 0. The number of para-hydroxylation sites is 1. The van der Waals surface area contributed by atoms with Gasteiger partial charge in [0.25, 0.3) is 5.91 Å². The van der Waals surface area contributed by atoms with Crippen molar-refractivity contribution in [3.05, 3.63) is 95.9 Å². The third-order valence-corrected chi connectivity index (χ3v) is 8.29. The summed E-state index contributed by atoms with van der Waals surface area (Å²) in [6, 6.07) is 17.7. The van der Waals surface area contributed by atoms with E-state index in [0.29, 0.717) is 35.5 Å². The van der Waals surface area contributed by atoms with Crippen LogP contribution >= 0.6 is 0 Å². The number of pyridine rings is 2. The van der Waals surface area contributed by atoms with Gasteiger partial charge in [0.1, 0.15) is 5.75 Å². The molecule has 2 aromatic heterocycles. The van der Waals surface area contributed by atoms with Gasteiger partial charge < -0.3 is 9.64 Å². The number of rotatable bonds is 7. The van der Waals surface area contributed by atoms with Crippen molar-refractivity contribution in [1.82, 2.24) is 19.8 Å². The zero-order valence-electron chi connectivity index (χ0n) is 20.6. The second-order valence-corrected chi connectivity index (χ2v) is 11.0. The predicted octanol–water partition coefficient (Wildman–Crippen LogP) is 3.57. The Bertz CT molecular complexity index is 1510. The lowest BCUT2D eigenvalue weighted by Crippen LogP contribution is -2.48. The van der Waals surface area contributed by atoms with E-state index in [4.69, 9.17) is 4.74 Å². The molecule has 1 saturated heterocycles. The Balaban J connectivity index is 1.29. The van der Waals surface area contributed by atoms with Crippen LogP contribution in [0.5, 0.6) is 5.75 Å². The number of fused-ring (bicyclic) bond motifs is 1. The van der Waals surface area contributed by atoms with Crippen molar-refractivity contribution in [2.24, 2.45) is 0 Å². The lowest BCUT2D eigenvalue weighted by atomic mass is 10.1. The number of aromatic nitrogens is 2. The van der Waals surface area contributed by atoms with Crippen molar-refractivity contribution < 1.29 is 17.9 Å². The molecule has 3 heterocycles. The van der Waals surface area contributed by atoms with E-state index in [1.165, 1.54) is 7.11 Å². The number of hydrogen-bond acceptors (Lipinski definition) is 7. The number of hydrogen-bond donors (Lipinski definition) is 0. The molecular formula is C28H28N4O4S. The van der Waals surface area contributed by atoms with E-state index in [9.17, 15) is 13.2 Å². The summed E-state index contributed by atoms with van der Waals surface area (Å²) in [4.78, 5) is 26.0. The summed E-state index contributed by atoms with van der Waals surface area (Å²) in [7, 11) is -2.22. The van der Waals surface area contributed by atoms with E-state index in [-0.39, 0.29) is 16.6 Å². The highest BCUT2D eigenvalue weighted by Gasteiger charge is 2.25. The third kappa shape index (κ3) is 5.47. The molecule has 0 atom stereocenters. The predicted molar refractivity (Wildman–Crippen MR) is 141 cm³/mol. The van der Waals surface area contributed by atoms with Crippen LogP contribution in [0.1, 0.15) is 21.5 Å². The highest BCUT2D eigenvalue weighted by Crippen LogP contribution is 2.29. The van der Waals surface area contributed by atoms with E-state index in [1.807, 2.05) is 29.3 Å². The maximum Gasteiger partial charge on any atom is 0.254 e. The number of carbonyl (C=O) groups excluding carboxylic acids is 1. The molecule has 1 fully saturated rings. The zero-order valence-corrected chi connectivity index (χ0v) is 21.4. The monoisotopic (exact) mass is 516 g/mol. The summed E-state index contributed by atoms with van der Waals surface area (Å²) < 4.78 is 32.2. The van der Waals surface area contributed by atoms with Gasteiger partial charge in [0.05, 0.1) is 23.3 Å². The molecule has 4 aromatic rings. The minimum absolute atomic E-state index is 0.0908. The minimum Gasteiger partial charge on any atom is -0.496 e. The fourth-order valence-electron chi connectivity index (χ4n) is 4.65. The number of carbonyl (C=O) groups is 1. The van der Waals surface area contributed by atoms with Crippen molar-refractivity contribution in [3.63, 3.8) is 0 Å². The van der Waals surface area contributed by atoms with Crippen LogP contribution in [0.4, 0.5) is 0 Å². The van der Waals surface area contributed by atoms with Crippen molar-refractivity contribution in [1.29, 1.82) is 0 Å². The number of benzene rings is 2. The van der Waals surface area contributed by atoms with Crippen molar-refractivity contribution in [3.8, 4) is 5.75 Å². The first-order valence-corrected chi connectivity index (χ1v) is 13.7. The smallest absolute Gasteiger partial charge is 0.254 e. The molecule has 0 radical (unpaired) electrons. The van der Waals surface area contributed by atoms with Crippen molar-refractivity contribution in [2.75, 3.05) is 33.3 Å². The van der Waals surface area contributed by atoms with Crippen LogP contribution in [0, 0.1) is 0 Å². The lowest BCUT2D eigenvalue weighted by Gasteiger charge is -2.34. The average Bonchev–Trinajstić information content (AvgIpc) is 2.93. The molecule has 0 unspecified atom stereocenters. The quantitative estimate of drug-likeness (QED) is 0.371. The van der Waals surface area contributed by atoms with Gasteiger partial charge in [0.15, 0.2) is 9.84 Å². The second kappa shape index (κ2) is 10.7. The summed E-state index contributed by atoms with van der Waals surface area (Å²) in [6.45, 7) is 3.58. The number of nitrogens with zero attached hydrogens (tertiary/aromatic N) is 4. The highest BCUT2D eigenvalue weighted by molar-refractivity contribution is 7.90. The first kappa shape index (κ1) is 24.9. The number of methoxy groups -OCH3 is 1. The topological polar surface area (TPSA) is 92.7 Å². The molecule has 8 nitrogen and oxygen atoms in total. The Kier molecular flexibility index (Phi) is 7.16. The van der Waals surface area contributed by atoms with Crippen LogP contribution < -0.4 is 4.74 Å². The number of amides is 1. The molecule has 9 heteroatoms. The van der Waals surface area contributed by atoms with Gasteiger partial charge in [-0.15, -0.1) is 0 Å². The van der Waals surface area contributed by atoms with Crippen molar-refractivity contribution >= 4 is 26.6 Å². The lowest BCUT2D eigenvalue weighted by molar-refractivity contribution is 0.0628. The minimum atomic E-state index is -3.71. The Labute approximate surface area is 216 Å². The Hall–Kier alpha value is -3.82. The Morgan fingerprint density at radius 2 is 1.76 bits per heavy atom. The van der Waals surface area contributed by atoms with E-state index in [2.05, 4.69) is 20.9 Å².